The molecule has 5 heterocycles. The molecule has 3 saturated heterocycles. The maximum atomic E-state index is 17.4. The number of phenolic OH excluding ortho intramolecular Hbond substituents is 1. The molecule has 14 heteroatoms. The van der Waals surface area contributed by atoms with Gasteiger partial charge in [0.1, 0.15) is 39.6 Å². The number of nitrogens with zero attached hydrogens (tertiary/aromatic N) is 5. The van der Waals surface area contributed by atoms with Crippen LogP contribution in [0.15, 0.2) is 24.3 Å². The van der Waals surface area contributed by atoms with Gasteiger partial charge < -0.3 is 39.2 Å². The van der Waals surface area contributed by atoms with Crippen molar-refractivity contribution in [3.05, 3.63) is 41.5 Å². The van der Waals surface area contributed by atoms with Crippen molar-refractivity contribution in [2.75, 3.05) is 71.2 Å². The van der Waals surface area contributed by atoms with Gasteiger partial charge in [-0.15, -0.1) is 0 Å². The third-order valence-corrected chi connectivity index (χ3v) is 11.9. The third-order valence-electron chi connectivity index (χ3n) is 11.9. The molecule has 2 unspecified atom stereocenters. The zero-order valence-corrected chi connectivity index (χ0v) is 31.1. The Morgan fingerprint density at radius 1 is 1.07 bits per heavy atom. The number of ether oxygens (including phenoxy) is 4. The summed E-state index contributed by atoms with van der Waals surface area (Å²) in [6.45, 7) is 7.20. The Balaban J connectivity index is 1.28. The molecule has 1 saturated carbocycles. The first-order valence-electron chi connectivity index (χ1n) is 19.1. The van der Waals surface area contributed by atoms with Gasteiger partial charge in [0.15, 0.2) is 5.82 Å². The van der Waals surface area contributed by atoms with Crippen molar-refractivity contribution >= 4 is 27.5 Å². The van der Waals surface area contributed by atoms with Crippen molar-refractivity contribution in [1.82, 2.24) is 19.9 Å². The number of piperidine rings is 1. The molecule has 2 aromatic carbocycles. The number of β-amino-alcohol motifs (C(OH)–C–C–N with tert-alkyl or cyclic N) is 1. The first-order valence-corrected chi connectivity index (χ1v) is 19.1. The number of phenols is 1. The first-order chi connectivity index (χ1) is 26.0. The topological polar surface area (TPSA) is 143 Å². The van der Waals surface area contributed by atoms with E-state index in [1.54, 1.807) is 17.9 Å². The number of benzene rings is 2. The molecule has 4 aliphatic rings. The molecular formula is C40H49F2N5O7. The monoisotopic (exact) mass is 749 g/mol. The van der Waals surface area contributed by atoms with E-state index in [0.717, 1.165) is 58.4 Å². The summed E-state index contributed by atoms with van der Waals surface area (Å²) in [5.74, 6) is -0.705. The van der Waals surface area contributed by atoms with Crippen LogP contribution in [0.1, 0.15) is 51.5 Å². The van der Waals surface area contributed by atoms with Crippen LogP contribution in [0, 0.1) is 23.0 Å². The number of halogens is 2. The molecule has 4 atom stereocenters. The summed E-state index contributed by atoms with van der Waals surface area (Å²) in [5.41, 5.74) is -1.27. The van der Waals surface area contributed by atoms with E-state index in [1.165, 1.54) is 25.3 Å². The van der Waals surface area contributed by atoms with Crippen LogP contribution < -0.4 is 14.4 Å². The van der Waals surface area contributed by atoms with Crippen LogP contribution in [-0.4, -0.2) is 119 Å². The average Bonchev–Trinajstić information content (AvgIpc) is 3.51. The number of aliphatic hydroxyl groups excluding tert-OH is 1. The number of hydrogen-bond acceptors (Lipinski definition) is 12. The highest BCUT2D eigenvalue weighted by Gasteiger charge is 2.49. The first kappa shape index (κ1) is 37.0. The molecule has 8 rings (SSSR count). The van der Waals surface area contributed by atoms with E-state index in [0.29, 0.717) is 41.3 Å². The molecule has 0 amide bonds. The standard InChI is InChI=1S/C40H49F2N5O7/c1-4-27-29(41)9-8-24-13-25(49)14-28(31(24)27)34-33(42)35-32(37(43-34)51-3)36(47-16-26(17-48)53-21-39(2,50)20-47)45-38(44-35)54-22-40-10-5-7-30(40)46(12-6-11-40)15-23-18-52-19-23/h8-9,13-14,23,26,30,48-50H,4-7,10-12,15-22H2,1-3H3/t26-,30?,39+,40?/m1/s1. The van der Waals surface area contributed by atoms with Crippen molar-refractivity contribution in [3.63, 3.8) is 0 Å². The summed E-state index contributed by atoms with van der Waals surface area (Å²) in [4.78, 5) is 18.5. The average molecular weight is 750 g/mol. The zero-order valence-electron chi connectivity index (χ0n) is 31.1. The van der Waals surface area contributed by atoms with Crippen molar-refractivity contribution in [1.29, 1.82) is 0 Å². The lowest BCUT2D eigenvalue weighted by molar-refractivity contribution is -0.0731. The second-order valence-corrected chi connectivity index (χ2v) is 15.9. The van der Waals surface area contributed by atoms with Crippen LogP contribution in [-0.2, 0) is 15.9 Å². The minimum atomic E-state index is -1.35. The van der Waals surface area contributed by atoms with Gasteiger partial charge in [-0.05, 0) is 80.1 Å². The fourth-order valence-electron chi connectivity index (χ4n) is 9.30. The largest absolute Gasteiger partial charge is 0.508 e. The Labute approximate surface area is 313 Å². The molecule has 290 valence electrons. The number of aromatic nitrogens is 3. The van der Waals surface area contributed by atoms with E-state index in [1.807, 2.05) is 6.92 Å². The minimum absolute atomic E-state index is 0.0170. The molecule has 2 aromatic heterocycles. The maximum Gasteiger partial charge on any atom is 0.319 e. The smallest absolute Gasteiger partial charge is 0.319 e. The Hall–Kier alpha value is -3.95. The predicted molar refractivity (Wildman–Crippen MR) is 198 cm³/mol. The van der Waals surface area contributed by atoms with Gasteiger partial charge in [0.05, 0.1) is 52.8 Å². The predicted octanol–water partition coefficient (Wildman–Crippen LogP) is 5.01. The Morgan fingerprint density at radius 2 is 1.89 bits per heavy atom. The van der Waals surface area contributed by atoms with E-state index < -0.39 is 23.3 Å². The zero-order chi connectivity index (χ0) is 37.8. The minimum Gasteiger partial charge on any atom is -0.508 e. The van der Waals surface area contributed by atoms with Crippen LogP contribution in [0.5, 0.6) is 17.6 Å². The van der Waals surface area contributed by atoms with Crippen molar-refractivity contribution in [2.45, 2.75) is 70.1 Å². The van der Waals surface area contributed by atoms with Crippen LogP contribution in [0.2, 0.25) is 0 Å². The molecule has 12 nitrogen and oxygen atoms in total. The number of fused-ring (bicyclic) bond motifs is 3. The lowest BCUT2D eigenvalue weighted by Gasteiger charge is -2.48. The number of aliphatic hydroxyl groups is 2. The van der Waals surface area contributed by atoms with Crippen LogP contribution in [0.3, 0.4) is 0 Å². The third kappa shape index (κ3) is 6.69. The van der Waals surface area contributed by atoms with E-state index in [9.17, 15) is 15.3 Å². The molecule has 4 fully saturated rings. The number of hydrogen-bond donors (Lipinski definition) is 3. The molecule has 54 heavy (non-hydrogen) atoms. The summed E-state index contributed by atoms with van der Waals surface area (Å²) in [5, 5.41) is 33.3. The van der Waals surface area contributed by atoms with Gasteiger partial charge in [-0.3, -0.25) is 4.90 Å². The summed E-state index contributed by atoms with van der Waals surface area (Å²) >= 11 is 0. The Morgan fingerprint density at radius 3 is 2.63 bits per heavy atom. The van der Waals surface area contributed by atoms with E-state index in [4.69, 9.17) is 28.9 Å². The number of likely N-dealkylation sites (tertiary alicyclic amines) is 1. The lowest BCUT2D eigenvalue weighted by Crippen LogP contribution is -2.54. The van der Waals surface area contributed by atoms with Crippen LogP contribution in [0.25, 0.3) is 32.9 Å². The molecule has 4 aromatic rings. The van der Waals surface area contributed by atoms with Crippen LogP contribution in [0.4, 0.5) is 14.6 Å². The molecule has 0 radical (unpaired) electrons. The van der Waals surface area contributed by atoms with Crippen molar-refractivity contribution in [3.8, 4) is 28.9 Å². The van der Waals surface area contributed by atoms with Gasteiger partial charge in [0, 0.05) is 36.0 Å². The quantitative estimate of drug-likeness (QED) is 0.201. The summed E-state index contributed by atoms with van der Waals surface area (Å²) in [6.07, 6.45) is 4.83. The van der Waals surface area contributed by atoms with Gasteiger partial charge in [0.2, 0.25) is 5.88 Å². The molecule has 3 N–H and O–H groups in total. The molecule has 0 bridgehead atoms. The van der Waals surface area contributed by atoms with E-state index >= 15 is 8.78 Å². The Bertz CT molecular complexity index is 2050. The molecule has 0 spiro atoms. The number of anilines is 1. The second-order valence-electron chi connectivity index (χ2n) is 15.9. The van der Waals surface area contributed by atoms with Gasteiger partial charge in [0.25, 0.3) is 0 Å². The van der Waals surface area contributed by atoms with E-state index in [-0.39, 0.29) is 77.3 Å². The number of pyridine rings is 1. The maximum absolute atomic E-state index is 17.4. The lowest BCUT2D eigenvalue weighted by atomic mass is 9.75. The highest BCUT2D eigenvalue weighted by atomic mass is 19.1. The number of rotatable bonds is 10. The summed E-state index contributed by atoms with van der Waals surface area (Å²) < 4.78 is 56.3. The van der Waals surface area contributed by atoms with Gasteiger partial charge in [-0.1, -0.05) is 19.4 Å². The molecule has 3 aliphatic heterocycles. The van der Waals surface area contributed by atoms with Gasteiger partial charge in [-0.2, -0.15) is 9.97 Å². The highest BCUT2D eigenvalue weighted by Crippen LogP contribution is 2.49. The number of methoxy groups -OCH3 is 1. The van der Waals surface area contributed by atoms with Crippen molar-refractivity contribution < 1.29 is 43.0 Å². The normalized spacial score (nSPS) is 26.5. The Kier molecular flexibility index (Phi) is 10.0. The highest BCUT2D eigenvalue weighted by molar-refractivity contribution is 6.03. The second kappa shape index (κ2) is 14.6. The fourth-order valence-corrected chi connectivity index (χ4v) is 9.30. The molecule has 1 aliphatic carbocycles. The summed E-state index contributed by atoms with van der Waals surface area (Å²) in [6, 6.07) is 6.05. The molecular weight excluding hydrogens is 700 g/mol. The van der Waals surface area contributed by atoms with Gasteiger partial charge in [-0.25, -0.2) is 13.8 Å². The van der Waals surface area contributed by atoms with Crippen molar-refractivity contribution in [2.24, 2.45) is 11.3 Å². The number of aromatic hydroxyl groups is 1. The SMILES string of the molecule is CCc1c(F)ccc2cc(O)cc(-c3nc(OC)c4c(N5C[C@H](CO)OC[C@@](C)(O)C5)nc(OCC56CCCC5N(CC5COC5)CCC6)nc4c3F)c12. The fraction of sp³-hybridized carbons (Fsp3) is 0.575. The van der Waals surface area contributed by atoms with E-state index in [2.05, 4.69) is 9.88 Å². The number of aryl methyl sites for hydroxylation is 1. The summed E-state index contributed by atoms with van der Waals surface area (Å²) in [7, 11) is 1.40. The van der Waals surface area contributed by atoms with Crippen LogP contribution >= 0.6 is 0 Å². The van der Waals surface area contributed by atoms with Gasteiger partial charge >= 0.3 is 6.01 Å².